The molecule has 0 aliphatic rings. The van der Waals surface area contributed by atoms with Gasteiger partial charge in [0.25, 0.3) is 5.56 Å². The maximum absolute atomic E-state index is 12.5. The maximum Gasteiger partial charge on any atom is 0.294 e. The number of aromatic nitrogens is 5. The van der Waals surface area contributed by atoms with Gasteiger partial charge in [-0.2, -0.15) is 9.78 Å². The van der Waals surface area contributed by atoms with E-state index < -0.39 is 0 Å². The second-order valence-electron chi connectivity index (χ2n) is 7.41. The van der Waals surface area contributed by atoms with Crippen LogP contribution < -0.4 is 5.56 Å². The third-order valence-electron chi connectivity index (χ3n) is 4.12. The van der Waals surface area contributed by atoms with Crippen LogP contribution in [0.4, 0.5) is 11.5 Å². The number of azo groups is 1. The molecule has 3 rings (SSSR count). The van der Waals surface area contributed by atoms with Crippen molar-refractivity contribution < 1.29 is 9.78 Å². The van der Waals surface area contributed by atoms with Gasteiger partial charge in [-0.15, -0.1) is 10.2 Å². The van der Waals surface area contributed by atoms with E-state index in [0.29, 0.717) is 29.5 Å². The first-order valence-electron chi connectivity index (χ1n) is 9.27. The van der Waals surface area contributed by atoms with E-state index in [9.17, 15) is 4.79 Å². The lowest BCUT2D eigenvalue weighted by Gasteiger charge is -2.16. The van der Waals surface area contributed by atoms with Gasteiger partial charge in [0.1, 0.15) is 6.61 Å². The smallest absolute Gasteiger partial charge is 0.294 e. The lowest BCUT2D eigenvalue weighted by atomic mass is 9.91. The molecular weight excluding hydrogens is 374 g/mol. The van der Waals surface area contributed by atoms with Crippen LogP contribution in [0.2, 0.25) is 0 Å². The fraction of sp³-hybridized carbons (Fsp3) is 0.421. The van der Waals surface area contributed by atoms with Crippen molar-refractivity contribution in [2.24, 2.45) is 17.3 Å². The highest BCUT2D eigenvalue weighted by molar-refractivity contribution is 5.46. The lowest BCUT2D eigenvalue weighted by Crippen LogP contribution is -2.12. The predicted molar refractivity (Wildman–Crippen MR) is 107 cm³/mol. The summed E-state index contributed by atoms with van der Waals surface area (Å²) >= 11 is 0. The molecule has 0 amide bonds. The van der Waals surface area contributed by atoms with Gasteiger partial charge in [0.2, 0.25) is 0 Å². The van der Waals surface area contributed by atoms with E-state index in [2.05, 4.69) is 25.4 Å². The quantitative estimate of drug-likeness (QED) is 0.283. The Morgan fingerprint density at radius 3 is 2.66 bits per heavy atom. The first-order valence-corrected chi connectivity index (χ1v) is 9.27. The largest absolute Gasteiger partial charge is 0.297 e. The van der Waals surface area contributed by atoms with Gasteiger partial charge in [-0.3, -0.25) is 14.6 Å². The Morgan fingerprint density at radius 1 is 1.21 bits per heavy atom. The summed E-state index contributed by atoms with van der Waals surface area (Å²) in [4.78, 5) is 27.0. The molecule has 3 aromatic heterocycles. The number of nitrogens with zero attached hydrogens (tertiary/aromatic N) is 6. The monoisotopic (exact) mass is 399 g/mol. The molecule has 29 heavy (non-hydrogen) atoms. The van der Waals surface area contributed by atoms with Crippen LogP contribution in [0.3, 0.4) is 0 Å². The number of aromatic amines is 1. The highest BCUT2D eigenvalue weighted by Crippen LogP contribution is 2.30. The highest BCUT2D eigenvalue weighted by Gasteiger charge is 2.24. The Morgan fingerprint density at radius 2 is 2.00 bits per heavy atom. The highest BCUT2D eigenvalue weighted by atomic mass is 17.2. The molecule has 0 spiro atoms. The normalized spacial score (nSPS) is 12.2. The molecule has 0 unspecified atom stereocenters. The number of hydrogen-bond donors (Lipinski definition) is 1. The molecule has 3 aromatic rings. The van der Waals surface area contributed by atoms with Gasteiger partial charge in [-0.1, -0.05) is 26.8 Å². The average Bonchev–Trinajstić information content (AvgIpc) is 3.22. The SMILES string of the molecule is CCOOCc1cnn(-c2ccccn2)c1N=Nc1c(C(C)(C)C)[nH]n(C)c1=O. The van der Waals surface area contributed by atoms with E-state index in [0.717, 1.165) is 0 Å². The van der Waals surface area contributed by atoms with Crippen LogP contribution in [0.1, 0.15) is 39.0 Å². The molecule has 1 N–H and O–H groups in total. The number of rotatable bonds is 7. The minimum Gasteiger partial charge on any atom is -0.297 e. The lowest BCUT2D eigenvalue weighted by molar-refractivity contribution is -0.300. The molecule has 0 aliphatic carbocycles. The van der Waals surface area contributed by atoms with Gasteiger partial charge in [-0.25, -0.2) is 14.8 Å². The van der Waals surface area contributed by atoms with Crippen LogP contribution in [0, 0.1) is 0 Å². The Hall–Kier alpha value is -3.11. The fourth-order valence-corrected chi connectivity index (χ4v) is 2.67. The van der Waals surface area contributed by atoms with Crippen molar-refractivity contribution in [2.45, 2.75) is 39.7 Å². The molecule has 0 fully saturated rings. The zero-order chi connectivity index (χ0) is 21.0. The van der Waals surface area contributed by atoms with Crippen molar-refractivity contribution in [1.29, 1.82) is 0 Å². The van der Waals surface area contributed by atoms with Crippen LogP contribution in [-0.2, 0) is 28.8 Å². The molecule has 0 atom stereocenters. The van der Waals surface area contributed by atoms with Crippen molar-refractivity contribution in [3.63, 3.8) is 0 Å². The molecular formula is C19H25N7O3. The summed E-state index contributed by atoms with van der Waals surface area (Å²) in [6.45, 7) is 8.36. The summed E-state index contributed by atoms with van der Waals surface area (Å²) in [5, 5.41) is 16.0. The standard InChI is InChI=1S/C19H25N7O3/c1-6-28-29-12-13-11-21-26(14-9-7-8-10-20-14)17(13)23-22-15-16(19(2,3)4)24-25(5)18(15)27/h7-11,24H,6,12H2,1-5H3. The molecule has 0 radical (unpaired) electrons. The first kappa shape index (κ1) is 20.6. The Kier molecular flexibility index (Phi) is 6.04. The van der Waals surface area contributed by atoms with Gasteiger partial charge in [0.05, 0.1) is 18.5 Å². The third kappa shape index (κ3) is 4.49. The summed E-state index contributed by atoms with van der Waals surface area (Å²) in [5.74, 6) is 0.980. The minimum atomic E-state index is -0.309. The van der Waals surface area contributed by atoms with Crippen molar-refractivity contribution in [3.05, 3.63) is 52.2 Å². The minimum absolute atomic E-state index is 0.131. The Balaban J connectivity index is 2.06. The van der Waals surface area contributed by atoms with Crippen LogP contribution in [0.15, 0.2) is 45.6 Å². The summed E-state index contributed by atoms with van der Waals surface area (Å²) in [7, 11) is 1.65. The fourth-order valence-electron chi connectivity index (χ4n) is 2.67. The first-order chi connectivity index (χ1) is 13.8. The molecule has 10 nitrogen and oxygen atoms in total. The Labute approximate surface area is 168 Å². The number of pyridine rings is 1. The van der Waals surface area contributed by atoms with Gasteiger partial charge in [-0.05, 0) is 19.1 Å². The van der Waals surface area contributed by atoms with E-state index in [1.807, 2.05) is 39.8 Å². The molecule has 0 saturated heterocycles. The summed E-state index contributed by atoms with van der Waals surface area (Å²) in [5.41, 5.74) is 1.04. The van der Waals surface area contributed by atoms with E-state index in [1.54, 1.807) is 30.2 Å². The van der Waals surface area contributed by atoms with Crippen molar-refractivity contribution >= 4 is 11.5 Å². The third-order valence-corrected chi connectivity index (χ3v) is 4.12. The van der Waals surface area contributed by atoms with E-state index in [1.165, 1.54) is 4.68 Å². The topological polar surface area (TPSA) is 112 Å². The number of H-pyrrole nitrogens is 1. The molecule has 3 heterocycles. The van der Waals surface area contributed by atoms with Gasteiger partial charge in [0.15, 0.2) is 17.3 Å². The van der Waals surface area contributed by atoms with Crippen molar-refractivity contribution in [3.8, 4) is 5.82 Å². The van der Waals surface area contributed by atoms with Crippen molar-refractivity contribution in [1.82, 2.24) is 24.5 Å². The van der Waals surface area contributed by atoms with Crippen molar-refractivity contribution in [2.75, 3.05) is 6.61 Å². The number of nitrogens with one attached hydrogen (secondary N) is 1. The van der Waals surface area contributed by atoms with Gasteiger partial charge < -0.3 is 0 Å². The molecule has 0 aliphatic heterocycles. The summed E-state index contributed by atoms with van der Waals surface area (Å²) in [6.07, 6.45) is 3.27. The molecule has 0 saturated carbocycles. The van der Waals surface area contributed by atoms with Crippen LogP contribution >= 0.6 is 0 Å². The number of hydrogen-bond acceptors (Lipinski definition) is 7. The molecule has 154 valence electrons. The van der Waals surface area contributed by atoms with Crippen LogP contribution in [-0.4, -0.2) is 31.2 Å². The summed E-state index contributed by atoms with van der Waals surface area (Å²) in [6, 6.07) is 5.46. The van der Waals surface area contributed by atoms with Gasteiger partial charge >= 0.3 is 0 Å². The van der Waals surface area contributed by atoms with E-state index in [-0.39, 0.29) is 23.3 Å². The van der Waals surface area contributed by atoms with E-state index in [4.69, 9.17) is 9.78 Å². The zero-order valence-corrected chi connectivity index (χ0v) is 17.2. The molecule has 0 aromatic carbocycles. The predicted octanol–water partition coefficient (Wildman–Crippen LogP) is 3.48. The summed E-state index contributed by atoms with van der Waals surface area (Å²) < 4.78 is 2.94. The second kappa shape index (κ2) is 8.50. The Bertz CT molecular complexity index is 1040. The molecule has 0 bridgehead atoms. The zero-order valence-electron chi connectivity index (χ0n) is 17.2. The number of aryl methyl sites for hydroxylation is 1. The van der Waals surface area contributed by atoms with Gasteiger partial charge in [0, 0.05) is 24.2 Å². The van der Waals surface area contributed by atoms with Crippen LogP contribution in [0.5, 0.6) is 0 Å². The van der Waals surface area contributed by atoms with Crippen LogP contribution in [0.25, 0.3) is 5.82 Å². The molecule has 10 heteroatoms. The average molecular weight is 399 g/mol. The van der Waals surface area contributed by atoms with E-state index >= 15 is 0 Å². The maximum atomic E-state index is 12.5. The second-order valence-corrected chi connectivity index (χ2v) is 7.41.